The van der Waals surface area contributed by atoms with Crippen LogP contribution in [0.4, 0.5) is 0 Å². The van der Waals surface area contributed by atoms with Crippen LogP contribution in [0.1, 0.15) is 77.0 Å². The van der Waals surface area contributed by atoms with Crippen molar-refractivity contribution in [2.24, 2.45) is 23.7 Å². The van der Waals surface area contributed by atoms with E-state index in [4.69, 9.17) is 0 Å². The van der Waals surface area contributed by atoms with Gasteiger partial charge in [-0.1, -0.05) is 62.6 Å². The molecule has 0 radical (unpaired) electrons. The highest BCUT2D eigenvalue weighted by molar-refractivity contribution is 9.09. The van der Waals surface area contributed by atoms with Crippen LogP contribution in [0.2, 0.25) is 0 Å². The van der Waals surface area contributed by atoms with Gasteiger partial charge in [-0.05, 0) is 94.3 Å². The van der Waals surface area contributed by atoms with Crippen molar-refractivity contribution in [3.63, 3.8) is 0 Å². The molecule has 0 bridgehead atoms. The first-order chi connectivity index (χ1) is 11.7. The van der Waals surface area contributed by atoms with E-state index in [-0.39, 0.29) is 0 Å². The molecule has 0 amide bonds. The summed E-state index contributed by atoms with van der Waals surface area (Å²) < 4.78 is 0. The minimum atomic E-state index is 0.783. The van der Waals surface area contributed by atoms with E-state index in [2.05, 4.69) is 56.2 Å². The van der Waals surface area contributed by atoms with Crippen LogP contribution in [-0.2, 0) is 0 Å². The Bertz CT molecular complexity index is 374. The molecule has 0 nitrogen and oxygen atoms in total. The van der Waals surface area contributed by atoms with Gasteiger partial charge < -0.3 is 0 Å². The lowest BCUT2D eigenvalue weighted by atomic mass is 9.79. The Kier molecular flexibility index (Phi) is 7.96. The predicted octanol–water partition coefficient (Wildman–Crippen LogP) is 7.81. The zero-order valence-corrected chi connectivity index (χ0v) is 18.2. The molecule has 0 heterocycles. The van der Waals surface area contributed by atoms with Gasteiger partial charge >= 0.3 is 0 Å². The average Bonchev–Trinajstić information content (AvgIpc) is 2.61. The summed E-state index contributed by atoms with van der Waals surface area (Å²) in [6.45, 7) is 0. The molecule has 24 heavy (non-hydrogen) atoms. The molecule has 3 aliphatic carbocycles. The minimum absolute atomic E-state index is 0.783. The second-order valence-electron chi connectivity index (χ2n) is 8.48. The molecule has 3 fully saturated rings. The third-order valence-corrected chi connectivity index (χ3v) is 8.30. The molecule has 0 saturated heterocycles. The summed E-state index contributed by atoms with van der Waals surface area (Å²) in [6.07, 6.45) is 27.0. The van der Waals surface area contributed by atoms with Crippen LogP contribution in [0.25, 0.3) is 0 Å². The van der Waals surface area contributed by atoms with Gasteiger partial charge in [-0.2, -0.15) is 0 Å². The maximum atomic E-state index is 3.77. The Balaban J connectivity index is 1.42. The molecule has 3 rings (SSSR count). The number of hydrogen-bond acceptors (Lipinski definition) is 0. The van der Waals surface area contributed by atoms with Crippen LogP contribution in [0.5, 0.6) is 0 Å². The standard InChI is InChI=1S/C22H34Br2/c23-21-12-8-17(9-13-21)4-6-19-2-1-3-20(16-19)7-5-18-10-14-22(24)15-11-18/h4-7,17-22H,1-3,8-16H2/b6-4+,7-5+. The third-order valence-electron chi connectivity index (χ3n) is 6.47. The summed E-state index contributed by atoms with van der Waals surface area (Å²) in [4.78, 5) is 1.57. The smallest absolute Gasteiger partial charge is 0.0146 e. The molecule has 2 heteroatoms. The van der Waals surface area contributed by atoms with E-state index in [1.165, 1.54) is 77.0 Å². The zero-order chi connectivity index (χ0) is 16.8. The lowest BCUT2D eigenvalue weighted by molar-refractivity contribution is 0.346. The van der Waals surface area contributed by atoms with Crippen molar-refractivity contribution in [1.82, 2.24) is 0 Å². The first kappa shape index (κ1) is 19.2. The molecule has 0 aromatic rings. The average molecular weight is 458 g/mol. The minimum Gasteiger partial charge on any atom is -0.0891 e. The van der Waals surface area contributed by atoms with E-state index in [0.717, 1.165) is 33.3 Å². The maximum Gasteiger partial charge on any atom is 0.0146 e. The molecule has 136 valence electrons. The van der Waals surface area contributed by atoms with E-state index < -0.39 is 0 Å². The van der Waals surface area contributed by atoms with Crippen molar-refractivity contribution in [3.8, 4) is 0 Å². The molecule has 0 spiro atoms. The second-order valence-corrected chi connectivity index (χ2v) is 11.1. The van der Waals surface area contributed by atoms with E-state index >= 15 is 0 Å². The predicted molar refractivity (Wildman–Crippen MR) is 113 cm³/mol. The lowest BCUT2D eigenvalue weighted by Gasteiger charge is -2.28. The fourth-order valence-corrected chi connectivity index (χ4v) is 5.84. The summed E-state index contributed by atoms with van der Waals surface area (Å²) >= 11 is 7.54. The molecule has 0 aromatic carbocycles. The third kappa shape index (κ3) is 6.31. The highest BCUT2D eigenvalue weighted by Gasteiger charge is 2.21. The monoisotopic (exact) mass is 456 g/mol. The number of alkyl halides is 2. The summed E-state index contributed by atoms with van der Waals surface area (Å²) in [5.74, 6) is 3.39. The van der Waals surface area contributed by atoms with E-state index in [0.29, 0.717) is 0 Å². The normalized spacial score (nSPS) is 41.9. The van der Waals surface area contributed by atoms with E-state index in [1.54, 1.807) is 0 Å². The Morgan fingerprint density at radius 2 is 0.833 bits per heavy atom. The Labute approximate surface area is 166 Å². The molecule has 2 unspecified atom stereocenters. The summed E-state index contributed by atoms with van der Waals surface area (Å²) in [5, 5.41) is 0. The highest BCUT2D eigenvalue weighted by atomic mass is 79.9. The summed E-state index contributed by atoms with van der Waals surface area (Å²) in [6, 6.07) is 0. The fourth-order valence-electron chi connectivity index (χ4n) is 4.79. The van der Waals surface area contributed by atoms with E-state index in [9.17, 15) is 0 Å². The Hall–Kier alpha value is 0.440. The van der Waals surface area contributed by atoms with Crippen molar-refractivity contribution in [2.45, 2.75) is 86.7 Å². The van der Waals surface area contributed by atoms with Crippen LogP contribution in [-0.4, -0.2) is 9.65 Å². The molecule has 0 N–H and O–H groups in total. The highest BCUT2D eigenvalue weighted by Crippen LogP contribution is 2.35. The number of rotatable bonds is 4. The number of halogens is 2. The quantitative estimate of drug-likeness (QED) is 0.298. The molecule has 3 saturated carbocycles. The molecular weight excluding hydrogens is 424 g/mol. The van der Waals surface area contributed by atoms with Gasteiger partial charge in [0.2, 0.25) is 0 Å². The van der Waals surface area contributed by atoms with Gasteiger partial charge in [-0.15, -0.1) is 0 Å². The zero-order valence-electron chi connectivity index (χ0n) is 15.0. The Morgan fingerprint density at radius 1 is 0.458 bits per heavy atom. The molecule has 0 aliphatic heterocycles. The van der Waals surface area contributed by atoms with Gasteiger partial charge in [0, 0.05) is 9.65 Å². The SMILES string of the molecule is BrC1CCC(/C=C/C2CCCC(/C=C/C3CCC(Br)CC3)C2)CC1. The van der Waals surface area contributed by atoms with Crippen molar-refractivity contribution in [1.29, 1.82) is 0 Å². The van der Waals surface area contributed by atoms with Crippen LogP contribution in [0.3, 0.4) is 0 Å². The Morgan fingerprint density at radius 3 is 1.25 bits per heavy atom. The topological polar surface area (TPSA) is 0 Å². The van der Waals surface area contributed by atoms with Crippen LogP contribution in [0, 0.1) is 23.7 Å². The lowest BCUT2D eigenvalue weighted by Crippen LogP contribution is -2.15. The largest absolute Gasteiger partial charge is 0.0891 e. The van der Waals surface area contributed by atoms with Gasteiger partial charge in [-0.25, -0.2) is 0 Å². The van der Waals surface area contributed by atoms with Crippen molar-refractivity contribution in [3.05, 3.63) is 24.3 Å². The second kappa shape index (κ2) is 9.95. The number of allylic oxidation sites excluding steroid dienone is 4. The van der Waals surface area contributed by atoms with Crippen LogP contribution in [0.15, 0.2) is 24.3 Å². The maximum absolute atomic E-state index is 3.77. The molecule has 0 aromatic heterocycles. The first-order valence-electron chi connectivity index (χ1n) is 10.3. The van der Waals surface area contributed by atoms with Gasteiger partial charge in [-0.3, -0.25) is 0 Å². The van der Waals surface area contributed by atoms with Crippen molar-refractivity contribution < 1.29 is 0 Å². The van der Waals surface area contributed by atoms with Gasteiger partial charge in [0.15, 0.2) is 0 Å². The van der Waals surface area contributed by atoms with Gasteiger partial charge in [0.05, 0.1) is 0 Å². The van der Waals surface area contributed by atoms with E-state index in [1.807, 2.05) is 0 Å². The first-order valence-corrected chi connectivity index (χ1v) is 12.2. The summed E-state index contributed by atoms with van der Waals surface area (Å²) in [7, 11) is 0. The van der Waals surface area contributed by atoms with Gasteiger partial charge in [0.1, 0.15) is 0 Å². The van der Waals surface area contributed by atoms with Gasteiger partial charge in [0.25, 0.3) is 0 Å². The summed E-state index contributed by atoms with van der Waals surface area (Å²) in [5.41, 5.74) is 0. The van der Waals surface area contributed by atoms with Crippen molar-refractivity contribution in [2.75, 3.05) is 0 Å². The molecule has 3 aliphatic rings. The molecule has 2 atom stereocenters. The van der Waals surface area contributed by atoms with Crippen LogP contribution >= 0.6 is 31.9 Å². The van der Waals surface area contributed by atoms with Crippen LogP contribution < -0.4 is 0 Å². The number of hydrogen-bond donors (Lipinski definition) is 0. The fraction of sp³-hybridized carbons (Fsp3) is 0.818. The molecular formula is C22H34Br2. The van der Waals surface area contributed by atoms with Crippen molar-refractivity contribution >= 4 is 31.9 Å².